The lowest BCUT2D eigenvalue weighted by atomic mass is 10.1. The summed E-state index contributed by atoms with van der Waals surface area (Å²) in [7, 11) is 1.82. The highest BCUT2D eigenvalue weighted by Gasteiger charge is 2.13. The number of oxazole rings is 1. The van der Waals surface area contributed by atoms with Gasteiger partial charge in [-0.2, -0.15) is 0 Å². The minimum Gasteiger partial charge on any atom is -0.444 e. The topological polar surface area (TPSA) is 81.2 Å². The molecule has 0 saturated carbocycles. The maximum absolute atomic E-state index is 10.6. The Kier molecular flexibility index (Phi) is 3.38. The van der Waals surface area contributed by atoms with E-state index in [1.807, 2.05) is 7.05 Å². The van der Waals surface area contributed by atoms with Crippen LogP contribution < -0.4 is 5.32 Å². The Morgan fingerprint density at radius 3 is 2.89 bits per heavy atom. The molecule has 6 heteroatoms. The van der Waals surface area contributed by atoms with Crippen LogP contribution in [0.2, 0.25) is 0 Å². The molecule has 6 nitrogen and oxygen atoms in total. The molecule has 0 saturated heterocycles. The van der Waals surface area contributed by atoms with E-state index >= 15 is 0 Å². The molecule has 2 aromatic rings. The molecule has 0 spiro atoms. The van der Waals surface area contributed by atoms with Crippen molar-refractivity contribution in [2.45, 2.75) is 13.5 Å². The van der Waals surface area contributed by atoms with Crippen LogP contribution in [0.15, 0.2) is 28.9 Å². The zero-order valence-electron chi connectivity index (χ0n) is 10.1. The minimum absolute atomic E-state index is 0.0678. The van der Waals surface area contributed by atoms with Crippen molar-refractivity contribution < 1.29 is 9.34 Å². The summed E-state index contributed by atoms with van der Waals surface area (Å²) in [5.74, 6) is 0.479. The van der Waals surface area contributed by atoms with Gasteiger partial charge < -0.3 is 9.73 Å². The van der Waals surface area contributed by atoms with Gasteiger partial charge >= 0.3 is 0 Å². The molecule has 0 unspecified atom stereocenters. The summed E-state index contributed by atoms with van der Waals surface area (Å²) in [6.45, 7) is 2.42. The van der Waals surface area contributed by atoms with Crippen molar-refractivity contribution in [3.05, 3.63) is 45.8 Å². The number of non-ortho nitro benzene ring substituents is 1. The predicted molar refractivity (Wildman–Crippen MR) is 66.1 cm³/mol. The average Bonchev–Trinajstić information content (AvgIpc) is 2.77. The van der Waals surface area contributed by atoms with Crippen molar-refractivity contribution >= 4 is 5.69 Å². The van der Waals surface area contributed by atoms with Gasteiger partial charge in [-0.1, -0.05) is 0 Å². The van der Waals surface area contributed by atoms with Gasteiger partial charge in [0, 0.05) is 24.2 Å². The van der Waals surface area contributed by atoms with E-state index in [0.29, 0.717) is 12.4 Å². The van der Waals surface area contributed by atoms with E-state index in [1.54, 1.807) is 19.3 Å². The fourth-order valence-electron chi connectivity index (χ4n) is 1.69. The minimum atomic E-state index is -0.418. The first-order chi connectivity index (χ1) is 8.61. The van der Waals surface area contributed by atoms with Crippen molar-refractivity contribution in [3.63, 3.8) is 0 Å². The van der Waals surface area contributed by atoms with Crippen LogP contribution in [0.25, 0.3) is 11.5 Å². The molecule has 1 aromatic heterocycles. The summed E-state index contributed by atoms with van der Waals surface area (Å²) < 4.78 is 5.36. The Hall–Kier alpha value is -2.21. The Bertz CT molecular complexity index is 578. The number of nitrogens with zero attached hydrogens (tertiary/aromatic N) is 2. The predicted octanol–water partition coefficient (Wildman–Crippen LogP) is 2.28. The Labute approximate surface area is 104 Å². The molecule has 0 aliphatic rings. The second-order valence-electron chi connectivity index (χ2n) is 3.93. The van der Waals surface area contributed by atoms with Gasteiger partial charge in [-0.15, -0.1) is 0 Å². The Morgan fingerprint density at radius 1 is 1.50 bits per heavy atom. The van der Waals surface area contributed by atoms with Crippen molar-refractivity contribution in [2.75, 3.05) is 7.05 Å². The van der Waals surface area contributed by atoms with E-state index in [1.165, 1.54) is 12.1 Å². The third-order valence-electron chi connectivity index (χ3n) is 2.56. The molecule has 0 radical (unpaired) electrons. The van der Waals surface area contributed by atoms with Crippen LogP contribution in [0.3, 0.4) is 0 Å². The van der Waals surface area contributed by atoms with Crippen LogP contribution in [0, 0.1) is 17.0 Å². The van der Waals surface area contributed by atoms with Gasteiger partial charge in [0.1, 0.15) is 6.26 Å². The Balaban J connectivity index is 2.35. The number of aryl methyl sites for hydroxylation is 1. The van der Waals surface area contributed by atoms with Crippen molar-refractivity contribution in [3.8, 4) is 11.5 Å². The number of hydrogen-bond donors (Lipinski definition) is 1. The number of nitro benzene ring substituents is 1. The molecule has 0 fully saturated rings. The number of nitrogens with one attached hydrogen (secondary N) is 1. The highest BCUT2D eigenvalue weighted by atomic mass is 16.6. The first-order valence-electron chi connectivity index (χ1n) is 5.46. The molecule has 1 aromatic carbocycles. The lowest BCUT2D eigenvalue weighted by Gasteiger charge is -2.00. The SMILES string of the molecule is CNCc1coc(-c2ccc([N+](=O)[O-])cc2C)n1. The molecule has 0 aliphatic heterocycles. The van der Waals surface area contributed by atoms with E-state index in [2.05, 4.69) is 10.3 Å². The summed E-state index contributed by atoms with van der Waals surface area (Å²) in [5, 5.41) is 13.6. The third-order valence-corrected chi connectivity index (χ3v) is 2.56. The number of nitro groups is 1. The second kappa shape index (κ2) is 4.97. The van der Waals surface area contributed by atoms with Crippen LogP contribution in [-0.2, 0) is 6.54 Å². The number of rotatable bonds is 4. The fraction of sp³-hybridized carbons (Fsp3) is 0.250. The maximum Gasteiger partial charge on any atom is 0.269 e. The van der Waals surface area contributed by atoms with E-state index in [9.17, 15) is 10.1 Å². The van der Waals surface area contributed by atoms with E-state index in [0.717, 1.165) is 16.8 Å². The number of hydrogen-bond acceptors (Lipinski definition) is 5. The standard InChI is InChI=1S/C12H13N3O3/c1-8-5-10(15(16)17)3-4-11(8)12-14-9(6-13-2)7-18-12/h3-5,7,13H,6H2,1-2H3. The first kappa shape index (κ1) is 12.3. The monoisotopic (exact) mass is 247 g/mol. The average molecular weight is 247 g/mol. The molecule has 94 valence electrons. The van der Waals surface area contributed by atoms with Gasteiger partial charge in [-0.05, 0) is 25.6 Å². The van der Waals surface area contributed by atoms with Gasteiger partial charge in [-0.25, -0.2) is 4.98 Å². The van der Waals surface area contributed by atoms with Crippen LogP contribution in [0.1, 0.15) is 11.3 Å². The van der Waals surface area contributed by atoms with Crippen molar-refractivity contribution in [2.24, 2.45) is 0 Å². The molecule has 1 heterocycles. The van der Waals surface area contributed by atoms with Gasteiger partial charge in [0.25, 0.3) is 5.69 Å². The van der Waals surface area contributed by atoms with Gasteiger partial charge in [0.05, 0.1) is 10.6 Å². The van der Waals surface area contributed by atoms with Gasteiger partial charge in [0.2, 0.25) is 5.89 Å². The van der Waals surface area contributed by atoms with Gasteiger partial charge in [-0.3, -0.25) is 10.1 Å². The lowest BCUT2D eigenvalue weighted by molar-refractivity contribution is -0.384. The molecule has 0 bridgehead atoms. The van der Waals surface area contributed by atoms with E-state index in [4.69, 9.17) is 4.42 Å². The summed E-state index contributed by atoms with van der Waals surface area (Å²) in [6, 6.07) is 4.62. The van der Waals surface area contributed by atoms with E-state index in [-0.39, 0.29) is 5.69 Å². The zero-order chi connectivity index (χ0) is 13.1. The number of benzene rings is 1. The second-order valence-corrected chi connectivity index (χ2v) is 3.93. The van der Waals surface area contributed by atoms with E-state index < -0.39 is 4.92 Å². The van der Waals surface area contributed by atoms with Crippen molar-refractivity contribution in [1.29, 1.82) is 0 Å². The van der Waals surface area contributed by atoms with Crippen LogP contribution >= 0.6 is 0 Å². The number of aromatic nitrogens is 1. The largest absolute Gasteiger partial charge is 0.444 e. The van der Waals surface area contributed by atoms with Gasteiger partial charge in [0.15, 0.2) is 0 Å². The summed E-state index contributed by atoms with van der Waals surface area (Å²) in [5.41, 5.74) is 2.40. The summed E-state index contributed by atoms with van der Waals surface area (Å²) >= 11 is 0. The van der Waals surface area contributed by atoms with Crippen LogP contribution in [0.5, 0.6) is 0 Å². The Morgan fingerprint density at radius 2 is 2.28 bits per heavy atom. The quantitative estimate of drug-likeness (QED) is 0.662. The molecule has 0 aliphatic carbocycles. The molecule has 1 N–H and O–H groups in total. The normalized spacial score (nSPS) is 10.6. The molecular weight excluding hydrogens is 234 g/mol. The highest BCUT2D eigenvalue weighted by Crippen LogP contribution is 2.26. The van der Waals surface area contributed by atoms with Crippen molar-refractivity contribution in [1.82, 2.24) is 10.3 Å². The maximum atomic E-state index is 10.6. The fourth-order valence-corrected chi connectivity index (χ4v) is 1.69. The molecule has 2 rings (SSSR count). The first-order valence-corrected chi connectivity index (χ1v) is 5.46. The molecule has 0 amide bonds. The smallest absolute Gasteiger partial charge is 0.269 e. The molecule has 0 atom stereocenters. The van der Waals surface area contributed by atoms with Crippen LogP contribution in [0.4, 0.5) is 5.69 Å². The lowest BCUT2D eigenvalue weighted by Crippen LogP contribution is -2.04. The third kappa shape index (κ3) is 2.38. The summed E-state index contributed by atoms with van der Waals surface area (Å²) in [6.07, 6.45) is 1.58. The molecule has 18 heavy (non-hydrogen) atoms. The zero-order valence-corrected chi connectivity index (χ0v) is 10.1. The highest BCUT2D eigenvalue weighted by molar-refractivity contribution is 5.61. The summed E-state index contributed by atoms with van der Waals surface area (Å²) in [4.78, 5) is 14.5. The molecular formula is C12H13N3O3. The van der Waals surface area contributed by atoms with Crippen LogP contribution in [-0.4, -0.2) is 17.0 Å².